The first-order valence-electron chi connectivity index (χ1n) is 14.0. The standard InChI is InChI=1S/C17H11.C17H18.C5H5.2ClH.Zr/c1-3-7-14-12(5-1)9-10-16-15-8-4-2-6-13(15)11-17(14)16;1-14(16-9-5-3-6-10-16)13-15(2)17-11-7-4-8-12-17;1-2-4-5-3-1;;;/h1-11H;3-12,14-15H,1-2H3;1-3H,4H2;2*1H;/q-1;;-1;;;+2/p-2. The Labute approximate surface area is 277 Å². The van der Waals surface area contributed by atoms with Gasteiger partial charge in [0.2, 0.25) is 0 Å². The summed E-state index contributed by atoms with van der Waals surface area (Å²) in [5, 5.41) is 8.08. The topological polar surface area (TPSA) is 0 Å². The van der Waals surface area contributed by atoms with Crippen molar-refractivity contribution in [1.29, 1.82) is 0 Å². The minimum atomic E-state index is 0. The second kappa shape index (κ2) is 16.6. The minimum Gasteiger partial charge on any atom is -1.00 e. The first kappa shape index (κ1) is 33.5. The zero-order valence-electron chi connectivity index (χ0n) is 24.0. The normalized spacial score (nSPS) is 12.8. The van der Waals surface area contributed by atoms with Crippen LogP contribution >= 0.6 is 0 Å². The van der Waals surface area contributed by atoms with Gasteiger partial charge in [0.1, 0.15) is 0 Å². The molecule has 0 aliphatic heterocycles. The number of hydrogen-bond donors (Lipinski definition) is 0. The molecule has 210 valence electrons. The summed E-state index contributed by atoms with van der Waals surface area (Å²) in [4.78, 5) is 0. The van der Waals surface area contributed by atoms with E-state index in [4.69, 9.17) is 0 Å². The van der Waals surface area contributed by atoms with E-state index in [0.29, 0.717) is 11.8 Å². The van der Waals surface area contributed by atoms with Gasteiger partial charge in [0, 0.05) is 0 Å². The van der Waals surface area contributed by atoms with E-state index in [0.717, 1.165) is 6.42 Å². The van der Waals surface area contributed by atoms with Gasteiger partial charge in [-0.05, 0) is 0 Å². The summed E-state index contributed by atoms with van der Waals surface area (Å²) < 4.78 is 1.61. The van der Waals surface area contributed by atoms with Gasteiger partial charge in [-0.2, -0.15) is 6.08 Å². The SMILES string of the molecule is CC([C](=[Zr+2])C(C)c1ccccc1)c1ccccc1.[C-]1=CC=CC1.[Cl-].[Cl-].c1ccc2c(c1)ccc1c3ccccc3[cH-]c21. The van der Waals surface area contributed by atoms with Crippen molar-refractivity contribution in [3.8, 4) is 0 Å². The molecule has 0 aromatic heterocycles. The molecular weight excluding hydrogens is 631 g/mol. The van der Waals surface area contributed by atoms with Crippen LogP contribution in [-0.2, 0) is 24.2 Å². The van der Waals surface area contributed by atoms with Crippen molar-refractivity contribution in [2.45, 2.75) is 32.1 Å². The fraction of sp³-hybridized carbons (Fsp3) is 0.128. The molecule has 0 heterocycles. The molecule has 1 aliphatic rings. The quantitative estimate of drug-likeness (QED) is 0.244. The molecule has 2 atom stereocenters. The zero-order chi connectivity index (χ0) is 27.7. The van der Waals surface area contributed by atoms with E-state index in [-0.39, 0.29) is 24.8 Å². The van der Waals surface area contributed by atoms with E-state index >= 15 is 0 Å². The average molecular weight is 665 g/mol. The molecule has 3 heteroatoms. The van der Waals surface area contributed by atoms with Gasteiger partial charge in [0.25, 0.3) is 0 Å². The van der Waals surface area contributed by atoms with Gasteiger partial charge in [-0.3, -0.25) is 6.08 Å². The Morgan fingerprint density at radius 3 is 1.74 bits per heavy atom. The van der Waals surface area contributed by atoms with E-state index in [2.05, 4.69) is 153 Å². The van der Waals surface area contributed by atoms with Gasteiger partial charge in [0.05, 0.1) is 0 Å². The number of hydrogen-bond acceptors (Lipinski definition) is 0. The predicted molar refractivity (Wildman–Crippen MR) is 171 cm³/mol. The van der Waals surface area contributed by atoms with Crippen molar-refractivity contribution in [3.05, 3.63) is 163 Å². The van der Waals surface area contributed by atoms with Crippen LogP contribution in [0.3, 0.4) is 0 Å². The van der Waals surface area contributed by atoms with Crippen LogP contribution in [0.1, 0.15) is 43.2 Å². The zero-order valence-corrected chi connectivity index (χ0v) is 27.9. The number of fused-ring (bicyclic) bond motifs is 5. The predicted octanol–water partition coefficient (Wildman–Crippen LogP) is 4.49. The Morgan fingerprint density at radius 1 is 0.643 bits per heavy atom. The Morgan fingerprint density at radius 2 is 1.19 bits per heavy atom. The molecular formula is C39H34Cl2Zr-2. The molecule has 0 N–H and O–H groups in total. The van der Waals surface area contributed by atoms with Crippen molar-refractivity contribution in [2.75, 3.05) is 0 Å². The third-order valence-corrected chi connectivity index (χ3v) is 9.77. The molecule has 0 spiro atoms. The summed E-state index contributed by atoms with van der Waals surface area (Å²) in [6, 6.07) is 45.5. The van der Waals surface area contributed by atoms with Gasteiger partial charge in [0.15, 0.2) is 0 Å². The van der Waals surface area contributed by atoms with E-state index < -0.39 is 0 Å². The Kier molecular flexibility index (Phi) is 13.3. The number of benzene rings is 5. The monoisotopic (exact) mass is 662 g/mol. The van der Waals surface area contributed by atoms with Crippen LogP contribution in [0.4, 0.5) is 0 Å². The molecule has 0 bridgehead atoms. The van der Waals surface area contributed by atoms with E-state index in [9.17, 15) is 0 Å². The smallest absolute Gasteiger partial charge is 0.0520 e. The van der Waals surface area contributed by atoms with Gasteiger partial charge >= 0.3 is 125 Å². The largest absolute Gasteiger partial charge is 1.00 e. The molecule has 0 fully saturated rings. The molecule has 7 rings (SSSR count). The summed E-state index contributed by atoms with van der Waals surface area (Å²) in [7, 11) is 0. The molecule has 0 nitrogen and oxygen atoms in total. The minimum absolute atomic E-state index is 0. The maximum absolute atomic E-state index is 2.99. The summed E-state index contributed by atoms with van der Waals surface area (Å²) in [6.07, 6.45) is 10.0. The second-order valence-corrected chi connectivity index (χ2v) is 11.6. The molecule has 42 heavy (non-hydrogen) atoms. The first-order valence-corrected chi connectivity index (χ1v) is 15.2. The van der Waals surface area contributed by atoms with Gasteiger partial charge in [-0.1, -0.05) is 65.4 Å². The number of halogens is 2. The van der Waals surface area contributed by atoms with Crippen molar-refractivity contribution >= 4 is 35.5 Å². The van der Waals surface area contributed by atoms with Crippen molar-refractivity contribution < 1.29 is 49.0 Å². The first-order chi connectivity index (χ1) is 19.6. The second-order valence-electron chi connectivity index (χ2n) is 10.2. The van der Waals surface area contributed by atoms with E-state index in [1.165, 1.54) is 43.4 Å². The fourth-order valence-electron chi connectivity index (χ4n) is 5.27. The molecule has 6 aromatic rings. The molecule has 0 saturated carbocycles. The summed E-state index contributed by atoms with van der Waals surface area (Å²) in [6.45, 7) is 4.64. The van der Waals surface area contributed by atoms with Gasteiger partial charge in [-0.25, -0.2) is 12.2 Å². The van der Waals surface area contributed by atoms with E-state index in [1.54, 1.807) is 27.4 Å². The number of allylic oxidation sites excluding steroid dienone is 4. The van der Waals surface area contributed by atoms with Crippen LogP contribution in [0.15, 0.2) is 146 Å². The molecule has 0 amide bonds. The third kappa shape index (κ3) is 8.11. The van der Waals surface area contributed by atoms with Crippen LogP contribution < -0.4 is 24.8 Å². The maximum atomic E-state index is 2.99. The summed E-state index contributed by atoms with van der Waals surface area (Å²) in [5.74, 6) is 1.08. The maximum Gasteiger partial charge on any atom is -0.0520 e. The Bertz CT molecular complexity index is 1710. The fourth-order valence-corrected chi connectivity index (χ4v) is 6.09. The molecule has 2 unspecified atom stereocenters. The van der Waals surface area contributed by atoms with Crippen molar-refractivity contribution in [3.63, 3.8) is 0 Å². The third-order valence-electron chi connectivity index (χ3n) is 7.64. The summed E-state index contributed by atoms with van der Waals surface area (Å²) >= 11 is 1.54. The van der Waals surface area contributed by atoms with E-state index in [1.807, 2.05) is 12.2 Å². The molecule has 1 aliphatic carbocycles. The van der Waals surface area contributed by atoms with Crippen molar-refractivity contribution in [2.24, 2.45) is 0 Å². The van der Waals surface area contributed by atoms with Crippen LogP contribution in [0.25, 0.3) is 32.3 Å². The molecule has 0 saturated heterocycles. The van der Waals surface area contributed by atoms with Crippen LogP contribution in [-0.4, -0.2) is 3.21 Å². The Hall–Kier alpha value is -2.96. The number of rotatable bonds is 4. The Balaban J connectivity index is 0.000000190. The van der Waals surface area contributed by atoms with Crippen LogP contribution in [0, 0.1) is 6.08 Å². The average Bonchev–Trinajstić information content (AvgIpc) is 3.74. The molecule has 0 radical (unpaired) electrons. The molecule has 6 aromatic carbocycles. The van der Waals surface area contributed by atoms with Gasteiger partial charge < -0.3 is 24.8 Å². The van der Waals surface area contributed by atoms with Gasteiger partial charge in [-0.15, -0.1) is 40.1 Å². The summed E-state index contributed by atoms with van der Waals surface area (Å²) in [5.41, 5.74) is 2.85. The van der Waals surface area contributed by atoms with Crippen LogP contribution in [0.5, 0.6) is 0 Å². The van der Waals surface area contributed by atoms with Crippen LogP contribution in [0.2, 0.25) is 0 Å². The van der Waals surface area contributed by atoms with Crippen molar-refractivity contribution in [1.82, 2.24) is 0 Å².